The predicted molar refractivity (Wildman–Crippen MR) is 69.9 cm³/mol. The van der Waals surface area contributed by atoms with Crippen molar-refractivity contribution in [3.05, 3.63) is 0 Å². The lowest BCUT2D eigenvalue weighted by Gasteiger charge is -2.32. The molecule has 0 saturated carbocycles. The number of aliphatic hydroxyl groups is 1. The first-order valence-electron chi connectivity index (χ1n) is 6.66. The van der Waals surface area contributed by atoms with Gasteiger partial charge in [0.25, 0.3) is 0 Å². The standard InChI is InChI=1S/C12H23N3O4/c1-9(15-5-3-2-4-6-15)7-13-12(19)14-10(8-16)11(17)18/h9-10,16H,2-8H2,1H3,(H,17,18)(H2,13,14,19)/t9?,10-/m1/s1. The van der Waals surface area contributed by atoms with Crippen molar-refractivity contribution in [3.8, 4) is 0 Å². The minimum atomic E-state index is -1.26. The Bertz CT molecular complexity index is 305. The first-order valence-corrected chi connectivity index (χ1v) is 6.66. The summed E-state index contributed by atoms with van der Waals surface area (Å²) in [7, 11) is 0. The molecule has 1 aliphatic heterocycles. The molecule has 2 atom stereocenters. The van der Waals surface area contributed by atoms with Crippen molar-refractivity contribution in [2.45, 2.75) is 38.3 Å². The van der Waals surface area contributed by atoms with Gasteiger partial charge in [-0.3, -0.25) is 4.90 Å². The highest BCUT2D eigenvalue weighted by Crippen LogP contribution is 2.11. The number of nitrogens with one attached hydrogen (secondary N) is 2. The number of amides is 2. The van der Waals surface area contributed by atoms with E-state index in [4.69, 9.17) is 10.2 Å². The number of carbonyl (C=O) groups excluding carboxylic acids is 1. The number of rotatable bonds is 6. The topological polar surface area (TPSA) is 102 Å². The summed E-state index contributed by atoms with van der Waals surface area (Å²) >= 11 is 0. The number of urea groups is 1. The predicted octanol–water partition coefficient (Wildman–Crippen LogP) is -0.394. The fraction of sp³-hybridized carbons (Fsp3) is 0.833. The molecule has 0 aromatic rings. The Hall–Kier alpha value is -1.34. The second kappa shape index (κ2) is 7.96. The first-order chi connectivity index (χ1) is 9.04. The molecule has 0 aromatic heterocycles. The molecular formula is C12H23N3O4. The number of nitrogens with zero attached hydrogens (tertiary/aromatic N) is 1. The highest BCUT2D eigenvalue weighted by atomic mass is 16.4. The largest absolute Gasteiger partial charge is 0.480 e. The van der Waals surface area contributed by atoms with Crippen LogP contribution < -0.4 is 10.6 Å². The lowest BCUT2D eigenvalue weighted by Crippen LogP contribution is -2.51. The van der Waals surface area contributed by atoms with Gasteiger partial charge in [0.2, 0.25) is 0 Å². The molecule has 0 spiro atoms. The van der Waals surface area contributed by atoms with E-state index in [2.05, 4.69) is 15.5 Å². The zero-order valence-corrected chi connectivity index (χ0v) is 11.3. The van der Waals surface area contributed by atoms with Crippen LogP contribution in [0.15, 0.2) is 0 Å². The normalized spacial score (nSPS) is 19.5. The summed E-state index contributed by atoms with van der Waals surface area (Å²) in [6.07, 6.45) is 3.62. The molecule has 0 aromatic carbocycles. The summed E-state index contributed by atoms with van der Waals surface area (Å²) < 4.78 is 0. The van der Waals surface area contributed by atoms with Crippen LogP contribution in [0.4, 0.5) is 4.79 Å². The SMILES string of the molecule is CC(CNC(=O)N[C@H](CO)C(=O)O)N1CCCCC1. The van der Waals surface area contributed by atoms with Gasteiger partial charge in [0, 0.05) is 12.6 Å². The molecule has 19 heavy (non-hydrogen) atoms. The molecule has 0 bridgehead atoms. The number of hydrogen-bond donors (Lipinski definition) is 4. The van der Waals surface area contributed by atoms with Crippen molar-refractivity contribution in [2.24, 2.45) is 0 Å². The van der Waals surface area contributed by atoms with Crippen molar-refractivity contribution >= 4 is 12.0 Å². The van der Waals surface area contributed by atoms with Gasteiger partial charge < -0.3 is 20.8 Å². The van der Waals surface area contributed by atoms with Crippen LogP contribution in [0, 0.1) is 0 Å². The molecule has 1 heterocycles. The number of carboxylic acid groups (broad SMARTS) is 1. The number of aliphatic hydroxyl groups excluding tert-OH is 1. The molecule has 1 rings (SSSR count). The van der Waals surface area contributed by atoms with E-state index in [0.29, 0.717) is 6.54 Å². The number of likely N-dealkylation sites (tertiary alicyclic amines) is 1. The highest BCUT2D eigenvalue weighted by Gasteiger charge is 2.20. The van der Waals surface area contributed by atoms with Gasteiger partial charge in [-0.25, -0.2) is 9.59 Å². The maximum atomic E-state index is 11.5. The average molecular weight is 273 g/mol. The van der Waals surface area contributed by atoms with E-state index in [0.717, 1.165) is 13.1 Å². The van der Waals surface area contributed by atoms with Crippen LogP contribution in [-0.2, 0) is 4.79 Å². The van der Waals surface area contributed by atoms with Crippen molar-refractivity contribution in [1.29, 1.82) is 0 Å². The van der Waals surface area contributed by atoms with E-state index in [9.17, 15) is 9.59 Å². The van der Waals surface area contributed by atoms with Crippen LogP contribution in [0.3, 0.4) is 0 Å². The summed E-state index contributed by atoms with van der Waals surface area (Å²) in [4.78, 5) is 24.4. The zero-order valence-electron chi connectivity index (χ0n) is 11.3. The summed E-state index contributed by atoms with van der Waals surface area (Å²) in [5.41, 5.74) is 0. The van der Waals surface area contributed by atoms with Crippen LogP contribution in [-0.4, -0.2) is 65.4 Å². The van der Waals surface area contributed by atoms with E-state index >= 15 is 0 Å². The molecule has 1 unspecified atom stereocenters. The number of aliphatic carboxylic acids is 1. The molecule has 1 aliphatic rings. The third-order valence-corrected chi connectivity index (χ3v) is 3.36. The van der Waals surface area contributed by atoms with E-state index < -0.39 is 24.6 Å². The molecule has 2 amide bonds. The average Bonchev–Trinajstić information content (AvgIpc) is 2.42. The fourth-order valence-electron chi connectivity index (χ4n) is 2.12. The van der Waals surface area contributed by atoms with Gasteiger partial charge in [-0.1, -0.05) is 6.42 Å². The minimum Gasteiger partial charge on any atom is -0.480 e. The van der Waals surface area contributed by atoms with Crippen molar-refractivity contribution in [3.63, 3.8) is 0 Å². The lowest BCUT2D eigenvalue weighted by atomic mass is 10.1. The number of carboxylic acids is 1. The monoisotopic (exact) mass is 273 g/mol. The van der Waals surface area contributed by atoms with Crippen molar-refractivity contribution < 1.29 is 19.8 Å². The maximum absolute atomic E-state index is 11.5. The molecule has 110 valence electrons. The van der Waals surface area contributed by atoms with E-state index in [1.807, 2.05) is 6.92 Å². The Kier molecular flexibility index (Phi) is 6.58. The quantitative estimate of drug-likeness (QED) is 0.528. The third-order valence-electron chi connectivity index (χ3n) is 3.36. The van der Waals surface area contributed by atoms with Crippen LogP contribution in [0.25, 0.3) is 0 Å². The smallest absolute Gasteiger partial charge is 0.328 e. The van der Waals surface area contributed by atoms with Gasteiger partial charge in [-0.05, 0) is 32.9 Å². The number of hydrogen-bond acceptors (Lipinski definition) is 4. The molecule has 7 heteroatoms. The lowest BCUT2D eigenvalue weighted by molar-refractivity contribution is -0.140. The molecule has 1 fully saturated rings. The van der Waals surface area contributed by atoms with Crippen LogP contribution >= 0.6 is 0 Å². The summed E-state index contributed by atoms with van der Waals surface area (Å²) in [5.74, 6) is -1.25. The second-order valence-electron chi connectivity index (χ2n) is 4.87. The highest BCUT2D eigenvalue weighted by molar-refractivity contribution is 5.82. The Labute approximate surface area is 113 Å². The van der Waals surface area contributed by atoms with E-state index in [-0.39, 0.29) is 6.04 Å². The number of piperidine rings is 1. The van der Waals surface area contributed by atoms with Crippen molar-refractivity contribution in [2.75, 3.05) is 26.2 Å². The van der Waals surface area contributed by atoms with Gasteiger partial charge in [-0.2, -0.15) is 0 Å². The Morgan fingerprint density at radius 3 is 2.42 bits per heavy atom. The van der Waals surface area contributed by atoms with Crippen LogP contribution in [0.5, 0.6) is 0 Å². The van der Waals surface area contributed by atoms with Gasteiger partial charge in [-0.15, -0.1) is 0 Å². The van der Waals surface area contributed by atoms with Crippen molar-refractivity contribution in [1.82, 2.24) is 15.5 Å². The molecular weight excluding hydrogens is 250 g/mol. The summed E-state index contributed by atoms with van der Waals surface area (Å²) in [6, 6.07) is -1.60. The number of carbonyl (C=O) groups is 2. The van der Waals surface area contributed by atoms with Gasteiger partial charge >= 0.3 is 12.0 Å². The van der Waals surface area contributed by atoms with Crippen LogP contribution in [0.2, 0.25) is 0 Å². The van der Waals surface area contributed by atoms with Gasteiger partial charge in [0.1, 0.15) is 0 Å². The molecule has 4 N–H and O–H groups in total. The Morgan fingerprint density at radius 1 is 1.26 bits per heavy atom. The summed E-state index contributed by atoms with van der Waals surface area (Å²) in [5, 5.41) is 22.3. The Morgan fingerprint density at radius 2 is 1.89 bits per heavy atom. The molecule has 1 saturated heterocycles. The van der Waals surface area contributed by atoms with E-state index in [1.54, 1.807) is 0 Å². The molecule has 7 nitrogen and oxygen atoms in total. The first kappa shape index (κ1) is 15.7. The fourth-order valence-corrected chi connectivity index (χ4v) is 2.12. The minimum absolute atomic E-state index is 0.225. The van der Waals surface area contributed by atoms with Gasteiger partial charge in [0.15, 0.2) is 6.04 Å². The second-order valence-corrected chi connectivity index (χ2v) is 4.87. The molecule has 0 aliphatic carbocycles. The summed E-state index contributed by atoms with van der Waals surface area (Å²) in [6.45, 7) is 3.96. The van der Waals surface area contributed by atoms with Gasteiger partial charge in [0.05, 0.1) is 6.61 Å². The zero-order chi connectivity index (χ0) is 14.3. The molecule has 0 radical (unpaired) electrons. The third kappa shape index (κ3) is 5.44. The van der Waals surface area contributed by atoms with Crippen LogP contribution in [0.1, 0.15) is 26.2 Å². The maximum Gasteiger partial charge on any atom is 0.328 e. The van der Waals surface area contributed by atoms with E-state index in [1.165, 1.54) is 19.3 Å². The Balaban J connectivity index is 2.26.